The van der Waals surface area contributed by atoms with Gasteiger partial charge in [-0.3, -0.25) is 9.59 Å². The number of carboxylic acids is 1. The van der Waals surface area contributed by atoms with Gasteiger partial charge in [0.2, 0.25) is 0 Å². The molecule has 1 atom stereocenters. The van der Waals surface area contributed by atoms with Gasteiger partial charge in [0, 0.05) is 6.42 Å². The van der Waals surface area contributed by atoms with Gasteiger partial charge >= 0.3 is 5.97 Å². The van der Waals surface area contributed by atoms with Crippen molar-refractivity contribution in [3.05, 3.63) is 24.0 Å². The maximum absolute atomic E-state index is 12.4. The molecule has 0 aliphatic heterocycles. The van der Waals surface area contributed by atoms with Crippen molar-refractivity contribution in [2.24, 2.45) is 16.5 Å². The minimum Gasteiger partial charge on any atom is -0.511 e. The zero-order chi connectivity index (χ0) is 16.9. The van der Waals surface area contributed by atoms with Crippen LogP contribution in [-0.4, -0.2) is 34.3 Å². The Labute approximate surface area is 130 Å². The molecule has 1 aliphatic rings. The molecule has 0 unspecified atom stereocenters. The van der Waals surface area contributed by atoms with Gasteiger partial charge in [0.15, 0.2) is 5.78 Å². The van der Waals surface area contributed by atoms with E-state index in [2.05, 4.69) is 11.7 Å². The molecule has 0 radical (unpaired) electrons. The SMILES string of the molecule is C=CCON=C(CCC)C1=C(O)[C@H](C(=O)O)C(C)(C)CC1=O. The van der Waals surface area contributed by atoms with E-state index in [0.29, 0.717) is 12.8 Å². The summed E-state index contributed by atoms with van der Waals surface area (Å²) in [5.41, 5.74) is -0.582. The van der Waals surface area contributed by atoms with Crippen LogP contribution in [-0.2, 0) is 14.4 Å². The number of aliphatic carboxylic acids is 1. The molecular formula is C16H23NO5. The van der Waals surface area contributed by atoms with Gasteiger partial charge < -0.3 is 15.1 Å². The third-order valence-corrected chi connectivity index (χ3v) is 3.60. The number of carbonyl (C=O) groups is 2. The maximum Gasteiger partial charge on any atom is 0.314 e. The van der Waals surface area contributed by atoms with E-state index in [1.165, 1.54) is 6.08 Å². The highest BCUT2D eigenvalue weighted by molar-refractivity contribution is 6.23. The average Bonchev–Trinajstić information content (AvgIpc) is 2.36. The van der Waals surface area contributed by atoms with Gasteiger partial charge in [0.05, 0.1) is 11.3 Å². The number of hydrogen-bond acceptors (Lipinski definition) is 5. The highest BCUT2D eigenvalue weighted by atomic mass is 16.6. The van der Waals surface area contributed by atoms with Crippen molar-refractivity contribution in [3.8, 4) is 0 Å². The molecule has 6 heteroatoms. The summed E-state index contributed by atoms with van der Waals surface area (Å²) in [4.78, 5) is 28.9. The van der Waals surface area contributed by atoms with E-state index in [1.54, 1.807) is 13.8 Å². The molecular weight excluding hydrogens is 286 g/mol. The quantitative estimate of drug-likeness (QED) is 0.326. The summed E-state index contributed by atoms with van der Waals surface area (Å²) in [6.07, 6.45) is 2.64. The predicted molar refractivity (Wildman–Crippen MR) is 82.7 cm³/mol. The number of nitrogens with zero attached hydrogens (tertiary/aromatic N) is 1. The molecule has 1 rings (SSSR count). The van der Waals surface area contributed by atoms with E-state index in [1.807, 2.05) is 6.92 Å². The maximum atomic E-state index is 12.4. The minimum absolute atomic E-state index is 0.0161. The molecule has 0 amide bonds. The number of rotatable bonds is 7. The van der Waals surface area contributed by atoms with E-state index < -0.39 is 23.1 Å². The monoisotopic (exact) mass is 309 g/mol. The van der Waals surface area contributed by atoms with Crippen molar-refractivity contribution >= 4 is 17.5 Å². The lowest BCUT2D eigenvalue weighted by molar-refractivity contribution is -0.146. The Balaban J connectivity index is 3.34. The molecule has 2 N–H and O–H groups in total. The Bertz CT molecular complexity index is 531. The summed E-state index contributed by atoms with van der Waals surface area (Å²) >= 11 is 0. The van der Waals surface area contributed by atoms with Gasteiger partial charge in [0.1, 0.15) is 18.3 Å². The van der Waals surface area contributed by atoms with E-state index in [4.69, 9.17) is 4.84 Å². The summed E-state index contributed by atoms with van der Waals surface area (Å²) in [6, 6.07) is 0. The van der Waals surface area contributed by atoms with E-state index in [-0.39, 0.29) is 30.1 Å². The van der Waals surface area contributed by atoms with E-state index in [9.17, 15) is 19.8 Å². The Morgan fingerprint density at radius 3 is 2.68 bits per heavy atom. The first-order valence-corrected chi connectivity index (χ1v) is 7.25. The number of aliphatic hydroxyl groups is 1. The van der Waals surface area contributed by atoms with Crippen LogP contribution in [0, 0.1) is 11.3 Å². The number of ketones is 1. The topological polar surface area (TPSA) is 96.2 Å². The summed E-state index contributed by atoms with van der Waals surface area (Å²) in [6.45, 7) is 8.87. The second kappa shape index (κ2) is 7.24. The molecule has 0 aromatic carbocycles. The highest BCUT2D eigenvalue weighted by Crippen LogP contribution is 2.42. The Kier molecular flexibility index (Phi) is 5.91. The largest absolute Gasteiger partial charge is 0.511 e. The molecule has 22 heavy (non-hydrogen) atoms. The van der Waals surface area contributed by atoms with E-state index in [0.717, 1.165) is 0 Å². The lowest BCUT2D eigenvalue weighted by Crippen LogP contribution is -2.41. The van der Waals surface area contributed by atoms with Crippen LogP contribution in [0.4, 0.5) is 0 Å². The van der Waals surface area contributed by atoms with Crippen molar-refractivity contribution in [1.82, 2.24) is 0 Å². The van der Waals surface area contributed by atoms with Crippen molar-refractivity contribution in [3.63, 3.8) is 0 Å². The number of hydrogen-bond donors (Lipinski definition) is 2. The summed E-state index contributed by atoms with van der Waals surface area (Å²) in [5.74, 6) is -3.03. The van der Waals surface area contributed by atoms with Crippen LogP contribution >= 0.6 is 0 Å². The molecule has 0 spiro atoms. The van der Waals surface area contributed by atoms with Crippen LogP contribution in [0.15, 0.2) is 29.1 Å². The fourth-order valence-electron chi connectivity index (χ4n) is 2.64. The first-order valence-electron chi connectivity index (χ1n) is 7.25. The number of carboxylic acid groups (broad SMARTS) is 1. The second-order valence-electron chi connectivity index (χ2n) is 5.99. The smallest absolute Gasteiger partial charge is 0.314 e. The molecule has 1 aliphatic carbocycles. The zero-order valence-corrected chi connectivity index (χ0v) is 13.3. The van der Waals surface area contributed by atoms with Gasteiger partial charge in [-0.15, -0.1) is 0 Å². The molecule has 0 heterocycles. The van der Waals surface area contributed by atoms with Gasteiger partial charge in [0.25, 0.3) is 0 Å². The van der Waals surface area contributed by atoms with E-state index >= 15 is 0 Å². The molecule has 0 bridgehead atoms. The third-order valence-electron chi connectivity index (χ3n) is 3.60. The molecule has 6 nitrogen and oxygen atoms in total. The van der Waals surface area contributed by atoms with Crippen molar-refractivity contribution in [2.45, 2.75) is 40.0 Å². The van der Waals surface area contributed by atoms with Crippen molar-refractivity contribution in [1.29, 1.82) is 0 Å². The van der Waals surface area contributed by atoms with Crippen LogP contribution in [0.1, 0.15) is 40.0 Å². The summed E-state index contributed by atoms with van der Waals surface area (Å²) < 4.78 is 0. The number of oxime groups is 1. The number of carbonyl (C=O) groups excluding carboxylic acids is 1. The first kappa shape index (κ1) is 17.9. The molecule has 0 aromatic rings. The molecule has 0 saturated carbocycles. The number of aliphatic hydroxyl groups excluding tert-OH is 1. The Morgan fingerprint density at radius 2 is 2.18 bits per heavy atom. The minimum atomic E-state index is -1.16. The van der Waals surface area contributed by atoms with Crippen molar-refractivity contribution < 1.29 is 24.6 Å². The predicted octanol–water partition coefficient (Wildman–Crippen LogP) is 2.86. The number of allylic oxidation sites excluding steroid dienone is 1. The first-order chi connectivity index (χ1) is 10.3. The average molecular weight is 309 g/mol. The van der Waals surface area contributed by atoms with Gasteiger partial charge in [-0.25, -0.2) is 0 Å². The molecule has 0 aromatic heterocycles. The number of Topliss-reactive ketones (excluding diaryl/α,β-unsaturated/α-hetero) is 1. The lowest BCUT2D eigenvalue weighted by Gasteiger charge is -2.35. The zero-order valence-electron chi connectivity index (χ0n) is 13.3. The van der Waals surface area contributed by atoms with Gasteiger partial charge in [-0.1, -0.05) is 45.0 Å². The Hall–Kier alpha value is -2.11. The van der Waals surface area contributed by atoms with Crippen LogP contribution in [0.3, 0.4) is 0 Å². The second-order valence-corrected chi connectivity index (χ2v) is 5.99. The normalized spacial score (nSPS) is 21.7. The molecule has 0 fully saturated rings. The van der Waals surface area contributed by atoms with Crippen molar-refractivity contribution in [2.75, 3.05) is 6.61 Å². The molecule has 0 saturated heterocycles. The Morgan fingerprint density at radius 1 is 1.55 bits per heavy atom. The summed E-state index contributed by atoms with van der Waals surface area (Å²) in [7, 11) is 0. The highest BCUT2D eigenvalue weighted by Gasteiger charge is 2.47. The summed E-state index contributed by atoms with van der Waals surface area (Å²) in [5, 5.41) is 23.6. The standard InChI is InChI=1S/C16H23NO5/c1-5-7-10(17-22-8-6-2)12-11(18)9-16(3,4)13(14(12)19)15(20)21/h6,13,19H,2,5,7-9H2,1,3-4H3,(H,20,21)/t13-/m1/s1. The van der Waals surface area contributed by atoms with Gasteiger partial charge in [-0.2, -0.15) is 0 Å². The van der Waals surface area contributed by atoms with Crippen LogP contribution < -0.4 is 0 Å². The van der Waals surface area contributed by atoms with Crippen LogP contribution in [0.2, 0.25) is 0 Å². The third kappa shape index (κ3) is 3.75. The van der Waals surface area contributed by atoms with Gasteiger partial charge in [-0.05, 0) is 11.8 Å². The van der Waals surface area contributed by atoms with Crippen LogP contribution in [0.25, 0.3) is 0 Å². The van der Waals surface area contributed by atoms with Crippen LogP contribution in [0.5, 0.6) is 0 Å². The fourth-order valence-corrected chi connectivity index (χ4v) is 2.64. The fraction of sp³-hybridized carbons (Fsp3) is 0.562. The lowest BCUT2D eigenvalue weighted by atomic mass is 9.67. The molecule has 122 valence electrons.